The van der Waals surface area contributed by atoms with Crippen molar-refractivity contribution in [2.24, 2.45) is 0 Å². The summed E-state index contributed by atoms with van der Waals surface area (Å²) >= 11 is 12.0. The van der Waals surface area contributed by atoms with Gasteiger partial charge in [-0.2, -0.15) is 0 Å². The first-order valence-electron chi connectivity index (χ1n) is 10.4. The van der Waals surface area contributed by atoms with Gasteiger partial charge in [-0.1, -0.05) is 35.3 Å². The lowest BCUT2D eigenvalue weighted by Crippen LogP contribution is -2.30. The zero-order valence-corrected chi connectivity index (χ0v) is 19.8. The van der Waals surface area contributed by atoms with Crippen LogP contribution >= 0.6 is 23.2 Å². The van der Waals surface area contributed by atoms with E-state index in [0.717, 1.165) is 0 Å². The van der Waals surface area contributed by atoms with E-state index in [-0.39, 0.29) is 29.3 Å². The van der Waals surface area contributed by atoms with Crippen molar-refractivity contribution in [2.75, 3.05) is 30.3 Å². The van der Waals surface area contributed by atoms with Crippen LogP contribution in [0.5, 0.6) is 11.6 Å². The average Bonchev–Trinajstić information content (AvgIpc) is 2.81. The molecular weight excluding hydrogens is 463 g/mol. The first kappa shape index (κ1) is 24.4. The third kappa shape index (κ3) is 6.60. The van der Waals surface area contributed by atoms with E-state index in [1.165, 1.54) is 12.3 Å². The van der Waals surface area contributed by atoms with E-state index in [2.05, 4.69) is 15.6 Å². The van der Waals surface area contributed by atoms with Gasteiger partial charge in [0.1, 0.15) is 5.02 Å². The Bertz CT molecular complexity index is 1120. The Balaban J connectivity index is 1.60. The Labute approximate surface area is 202 Å². The van der Waals surface area contributed by atoms with Crippen LogP contribution in [0.25, 0.3) is 0 Å². The highest BCUT2D eigenvalue weighted by Crippen LogP contribution is 2.33. The van der Waals surface area contributed by atoms with Gasteiger partial charge in [0.25, 0.3) is 5.91 Å². The van der Waals surface area contributed by atoms with Crippen LogP contribution in [0, 0.1) is 0 Å². The molecule has 3 aromatic rings. The standard InChI is InChI=1S/C24H24Cl2N4O3/c1-3-30(4-2)24(32)16-9-11-18(12-10-16)29-22(31)15-27-20-7-5-6-8-21(20)33-23-19(26)13-17(25)14-28-23/h5-14,27H,3-4,15H2,1-2H3,(H,29,31). The lowest BCUT2D eigenvalue weighted by Gasteiger charge is -2.18. The highest BCUT2D eigenvalue weighted by molar-refractivity contribution is 6.35. The molecule has 33 heavy (non-hydrogen) atoms. The van der Waals surface area contributed by atoms with Gasteiger partial charge in [0.15, 0.2) is 5.75 Å². The summed E-state index contributed by atoms with van der Waals surface area (Å²) in [5.74, 6) is 0.377. The van der Waals surface area contributed by atoms with Crippen molar-refractivity contribution < 1.29 is 14.3 Å². The van der Waals surface area contributed by atoms with E-state index in [0.29, 0.717) is 40.8 Å². The molecular formula is C24H24Cl2N4O3. The normalized spacial score (nSPS) is 10.4. The number of para-hydroxylation sites is 2. The number of carbonyl (C=O) groups is 2. The molecule has 0 aliphatic rings. The number of benzene rings is 2. The molecule has 0 bridgehead atoms. The van der Waals surface area contributed by atoms with Crippen molar-refractivity contribution >= 4 is 46.4 Å². The van der Waals surface area contributed by atoms with E-state index in [4.69, 9.17) is 27.9 Å². The van der Waals surface area contributed by atoms with E-state index in [1.807, 2.05) is 19.9 Å². The summed E-state index contributed by atoms with van der Waals surface area (Å²) in [6.07, 6.45) is 1.44. The van der Waals surface area contributed by atoms with Gasteiger partial charge in [-0.15, -0.1) is 0 Å². The minimum absolute atomic E-state index is 0.00226. The first-order valence-corrected chi connectivity index (χ1v) is 11.2. The van der Waals surface area contributed by atoms with Crippen LogP contribution in [0.4, 0.5) is 11.4 Å². The van der Waals surface area contributed by atoms with Crippen LogP contribution in [0.15, 0.2) is 60.8 Å². The molecule has 0 aliphatic heterocycles. The monoisotopic (exact) mass is 486 g/mol. The maximum Gasteiger partial charge on any atom is 0.253 e. The van der Waals surface area contributed by atoms with Gasteiger partial charge in [-0.3, -0.25) is 9.59 Å². The summed E-state index contributed by atoms with van der Waals surface area (Å²) in [5, 5.41) is 6.53. The molecule has 7 nitrogen and oxygen atoms in total. The van der Waals surface area contributed by atoms with Crippen LogP contribution < -0.4 is 15.4 Å². The maximum atomic E-state index is 12.4. The molecule has 0 saturated carbocycles. The molecule has 0 radical (unpaired) electrons. The molecule has 2 amide bonds. The zero-order chi connectivity index (χ0) is 23.8. The van der Waals surface area contributed by atoms with Gasteiger partial charge in [0.2, 0.25) is 11.8 Å². The fourth-order valence-corrected chi connectivity index (χ4v) is 3.47. The Kier molecular flexibility index (Phi) is 8.52. The Morgan fingerprint density at radius 2 is 1.73 bits per heavy atom. The molecule has 0 unspecified atom stereocenters. The molecule has 3 rings (SSSR count). The lowest BCUT2D eigenvalue weighted by molar-refractivity contribution is -0.114. The Hall–Kier alpha value is -3.29. The quantitative estimate of drug-likeness (QED) is 0.404. The van der Waals surface area contributed by atoms with Gasteiger partial charge < -0.3 is 20.3 Å². The van der Waals surface area contributed by atoms with Crippen LogP contribution in [0.3, 0.4) is 0 Å². The minimum atomic E-state index is -0.254. The summed E-state index contributed by atoms with van der Waals surface area (Å²) in [4.78, 5) is 30.7. The molecule has 1 heterocycles. The second-order valence-corrected chi connectivity index (χ2v) is 7.84. The number of halogens is 2. The smallest absolute Gasteiger partial charge is 0.253 e. The summed E-state index contributed by atoms with van der Waals surface area (Å²) < 4.78 is 5.79. The molecule has 2 N–H and O–H groups in total. The van der Waals surface area contributed by atoms with Crippen LogP contribution in [0.2, 0.25) is 10.0 Å². The SMILES string of the molecule is CCN(CC)C(=O)c1ccc(NC(=O)CNc2ccccc2Oc2ncc(Cl)cc2Cl)cc1. The number of hydrogen-bond acceptors (Lipinski definition) is 5. The van der Waals surface area contributed by atoms with Crippen LogP contribution in [-0.4, -0.2) is 41.3 Å². The fourth-order valence-electron chi connectivity index (χ4n) is 3.05. The molecule has 0 saturated heterocycles. The van der Waals surface area contributed by atoms with Crippen molar-refractivity contribution in [1.82, 2.24) is 9.88 Å². The summed E-state index contributed by atoms with van der Waals surface area (Å²) in [6.45, 7) is 5.16. The second kappa shape index (κ2) is 11.5. The number of nitrogens with zero attached hydrogens (tertiary/aromatic N) is 2. The molecule has 0 atom stereocenters. The number of rotatable bonds is 9. The van der Waals surface area contributed by atoms with Crippen molar-refractivity contribution in [3.05, 3.63) is 76.4 Å². The molecule has 0 spiro atoms. The predicted molar refractivity (Wildman–Crippen MR) is 132 cm³/mol. The van der Waals surface area contributed by atoms with Crippen LogP contribution in [0.1, 0.15) is 24.2 Å². The maximum absolute atomic E-state index is 12.4. The van der Waals surface area contributed by atoms with E-state index < -0.39 is 0 Å². The number of nitrogens with one attached hydrogen (secondary N) is 2. The fraction of sp³-hybridized carbons (Fsp3) is 0.208. The van der Waals surface area contributed by atoms with Gasteiger partial charge in [-0.05, 0) is 56.3 Å². The topological polar surface area (TPSA) is 83.6 Å². The first-order chi connectivity index (χ1) is 15.9. The van der Waals surface area contributed by atoms with E-state index in [9.17, 15) is 9.59 Å². The largest absolute Gasteiger partial charge is 0.435 e. The van der Waals surface area contributed by atoms with Crippen molar-refractivity contribution in [2.45, 2.75) is 13.8 Å². The summed E-state index contributed by atoms with van der Waals surface area (Å²) in [6, 6.07) is 15.5. The molecule has 1 aromatic heterocycles. The predicted octanol–water partition coefficient (Wildman–Crippen LogP) is 5.71. The molecule has 0 aliphatic carbocycles. The number of carbonyl (C=O) groups excluding carboxylic acids is 2. The zero-order valence-electron chi connectivity index (χ0n) is 18.3. The summed E-state index contributed by atoms with van der Waals surface area (Å²) in [5.41, 5.74) is 1.77. The van der Waals surface area contributed by atoms with Crippen molar-refractivity contribution in [3.8, 4) is 11.6 Å². The van der Waals surface area contributed by atoms with E-state index in [1.54, 1.807) is 47.4 Å². The van der Waals surface area contributed by atoms with E-state index >= 15 is 0 Å². The minimum Gasteiger partial charge on any atom is -0.435 e. The highest BCUT2D eigenvalue weighted by atomic mass is 35.5. The average molecular weight is 487 g/mol. The molecule has 0 fully saturated rings. The van der Waals surface area contributed by atoms with Gasteiger partial charge >= 0.3 is 0 Å². The Morgan fingerprint density at radius 1 is 1.03 bits per heavy atom. The number of ether oxygens (including phenoxy) is 1. The molecule has 9 heteroatoms. The molecule has 2 aromatic carbocycles. The summed E-state index contributed by atoms with van der Waals surface area (Å²) in [7, 11) is 0. The number of anilines is 2. The number of pyridine rings is 1. The molecule has 172 valence electrons. The Morgan fingerprint density at radius 3 is 2.39 bits per heavy atom. The second-order valence-electron chi connectivity index (χ2n) is 7.00. The lowest BCUT2D eigenvalue weighted by atomic mass is 10.1. The number of amides is 2. The van der Waals surface area contributed by atoms with Gasteiger partial charge in [-0.25, -0.2) is 4.98 Å². The van der Waals surface area contributed by atoms with Crippen molar-refractivity contribution in [3.63, 3.8) is 0 Å². The van der Waals surface area contributed by atoms with Crippen LogP contribution in [-0.2, 0) is 4.79 Å². The highest BCUT2D eigenvalue weighted by Gasteiger charge is 2.13. The van der Waals surface area contributed by atoms with Gasteiger partial charge in [0.05, 0.1) is 17.3 Å². The third-order valence-electron chi connectivity index (χ3n) is 4.77. The number of aromatic nitrogens is 1. The van der Waals surface area contributed by atoms with Crippen molar-refractivity contribution in [1.29, 1.82) is 0 Å². The third-order valence-corrected chi connectivity index (χ3v) is 5.25. The van der Waals surface area contributed by atoms with Gasteiger partial charge in [0, 0.05) is 30.5 Å². The number of hydrogen-bond donors (Lipinski definition) is 2.